The van der Waals surface area contributed by atoms with Crippen LogP contribution < -0.4 is 0 Å². The standard InChI is InChI=1S/C20H21NO3/c1-14(2)12-17-13-24-20(23)21(17)19(22)11-10-16-8-5-7-15-6-3-4-9-18(15)16/h3-11,14,17H,12-13H2,1-2H3/b11-10+/t17-/m0/s1. The fourth-order valence-corrected chi connectivity index (χ4v) is 3.09. The van der Waals surface area contributed by atoms with Gasteiger partial charge in [-0.2, -0.15) is 0 Å². The molecule has 0 spiro atoms. The fourth-order valence-electron chi connectivity index (χ4n) is 3.09. The lowest BCUT2D eigenvalue weighted by molar-refractivity contribution is -0.124. The zero-order chi connectivity index (χ0) is 17.1. The average Bonchev–Trinajstić information content (AvgIpc) is 2.92. The van der Waals surface area contributed by atoms with Crippen molar-refractivity contribution in [1.82, 2.24) is 4.90 Å². The quantitative estimate of drug-likeness (QED) is 0.790. The molecule has 1 saturated heterocycles. The van der Waals surface area contributed by atoms with Crippen LogP contribution in [0.1, 0.15) is 25.8 Å². The monoisotopic (exact) mass is 323 g/mol. The second-order valence-electron chi connectivity index (χ2n) is 6.47. The molecule has 0 aliphatic carbocycles. The van der Waals surface area contributed by atoms with Gasteiger partial charge in [0.2, 0.25) is 0 Å². The number of nitrogens with zero attached hydrogens (tertiary/aromatic N) is 1. The van der Waals surface area contributed by atoms with Crippen LogP contribution in [0.25, 0.3) is 16.8 Å². The molecule has 24 heavy (non-hydrogen) atoms. The van der Waals surface area contributed by atoms with Gasteiger partial charge in [0, 0.05) is 6.08 Å². The van der Waals surface area contributed by atoms with Crippen molar-refractivity contribution in [2.45, 2.75) is 26.3 Å². The zero-order valence-corrected chi connectivity index (χ0v) is 13.9. The summed E-state index contributed by atoms with van der Waals surface area (Å²) in [5.41, 5.74) is 0.953. The Hall–Kier alpha value is -2.62. The summed E-state index contributed by atoms with van der Waals surface area (Å²) in [4.78, 5) is 25.6. The maximum Gasteiger partial charge on any atom is 0.417 e. The molecular formula is C20H21NO3. The van der Waals surface area contributed by atoms with Crippen LogP contribution in [0.15, 0.2) is 48.5 Å². The molecule has 2 amide bonds. The van der Waals surface area contributed by atoms with Gasteiger partial charge in [0.1, 0.15) is 6.61 Å². The highest BCUT2D eigenvalue weighted by Gasteiger charge is 2.36. The second-order valence-corrected chi connectivity index (χ2v) is 6.47. The number of fused-ring (bicyclic) bond motifs is 1. The van der Waals surface area contributed by atoms with E-state index in [1.165, 1.54) is 11.0 Å². The molecule has 1 heterocycles. The number of rotatable bonds is 4. The van der Waals surface area contributed by atoms with Crippen molar-refractivity contribution < 1.29 is 14.3 Å². The fraction of sp³-hybridized carbons (Fsp3) is 0.300. The smallest absolute Gasteiger partial charge is 0.417 e. The molecule has 0 N–H and O–H groups in total. The molecule has 2 aromatic carbocycles. The Balaban J connectivity index is 1.82. The summed E-state index contributed by atoms with van der Waals surface area (Å²) in [6.07, 6.45) is 3.43. The van der Waals surface area contributed by atoms with E-state index in [1.54, 1.807) is 6.08 Å². The minimum atomic E-state index is -0.548. The first-order valence-corrected chi connectivity index (χ1v) is 8.22. The highest BCUT2D eigenvalue weighted by atomic mass is 16.6. The molecule has 1 atom stereocenters. The van der Waals surface area contributed by atoms with Crippen LogP contribution in [-0.4, -0.2) is 29.5 Å². The number of hydrogen-bond acceptors (Lipinski definition) is 3. The lowest BCUT2D eigenvalue weighted by Gasteiger charge is -2.19. The molecule has 1 aliphatic heterocycles. The maximum atomic E-state index is 12.5. The highest BCUT2D eigenvalue weighted by molar-refractivity contribution is 6.03. The Kier molecular flexibility index (Phi) is 4.65. The topological polar surface area (TPSA) is 46.6 Å². The van der Waals surface area contributed by atoms with Crippen molar-refractivity contribution in [2.75, 3.05) is 6.61 Å². The lowest BCUT2D eigenvalue weighted by Crippen LogP contribution is -2.38. The largest absolute Gasteiger partial charge is 0.447 e. The number of amides is 2. The van der Waals surface area contributed by atoms with Crippen molar-refractivity contribution in [3.63, 3.8) is 0 Å². The summed E-state index contributed by atoms with van der Waals surface area (Å²) in [5, 5.41) is 2.19. The zero-order valence-electron chi connectivity index (χ0n) is 13.9. The Bertz CT molecular complexity index is 789. The predicted octanol–water partition coefficient (Wildman–Crippen LogP) is 4.25. The van der Waals surface area contributed by atoms with E-state index >= 15 is 0 Å². The normalized spacial score (nSPS) is 17.9. The van der Waals surface area contributed by atoms with E-state index in [-0.39, 0.29) is 18.6 Å². The van der Waals surface area contributed by atoms with Gasteiger partial charge in [-0.1, -0.05) is 56.3 Å². The van der Waals surface area contributed by atoms with E-state index in [0.29, 0.717) is 5.92 Å². The van der Waals surface area contributed by atoms with E-state index < -0.39 is 6.09 Å². The van der Waals surface area contributed by atoms with Crippen LogP contribution >= 0.6 is 0 Å². The SMILES string of the molecule is CC(C)C[C@H]1COC(=O)N1C(=O)/C=C/c1cccc2ccccc12. The molecule has 0 unspecified atom stereocenters. The van der Waals surface area contributed by atoms with Crippen LogP contribution in [-0.2, 0) is 9.53 Å². The van der Waals surface area contributed by atoms with Gasteiger partial charge < -0.3 is 4.74 Å². The highest BCUT2D eigenvalue weighted by Crippen LogP contribution is 2.22. The molecule has 2 aromatic rings. The first-order chi connectivity index (χ1) is 11.6. The Morgan fingerprint density at radius 2 is 2.00 bits per heavy atom. The predicted molar refractivity (Wildman–Crippen MR) is 94.4 cm³/mol. The Labute approximate surface area is 141 Å². The van der Waals surface area contributed by atoms with E-state index in [0.717, 1.165) is 22.8 Å². The van der Waals surface area contributed by atoms with Gasteiger partial charge in [-0.15, -0.1) is 0 Å². The summed E-state index contributed by atoms with van der Waals surface area (Å²) in [7, 11) is 0. The van der Waals surface area contributed by atoms with Gasteiger partial charge in [0.15, 0.2) is 0 Å². The summed E-state index contributed by atoms with van der Waals surface area (Å²) >= 11 is 0. The summed E-state index contributed by atoms with van der Waals surface area (Å²) < 4.78 is 5.05. The first-order valence-electron chi connectivity index (χ1n) is 8.22. The molecule has 124 valence electrons. The molecule has 0 aromatic heterocycles. The van der Waals surface area contributed by atoms with E-state index in [1.807, 2.05) is 42.5 Å². The Morgan fingerprint density at radius 3 is 2.79 bits per heavy atom. The molecule has 4 nitrogen and oxygen atoms in total. The lowest BCUT2D eigenvalue weighted by atomic mass is 10.0. The van der Waals surface area contributed by atoms with Crippen LogP contribution in [0.3, 0.4) is 0 Å². The number of benzene rings is 2. The number of carbonyl (C=O) groups is 2. The maximum absolute atomic E-state index is 12.5. The van der Waals surface area contributed by atoms with Gasteiger partial charge in [-0.3, -0.25) is 4.79 Å². The molecule has 0 saturated carbocycles. The van der Waals surface area contributed by atoms with Gasteiger partial charge >= 0.3 is 6.09 Å². The van der Waals surface area contributed by atoms with Crippen LogP contribution in [0.2, 0.25) is 0 Å². The van der Waals surface area contributed by atoms with Crippen molar-refractivity contribution in [1.29, 1.82) is 0 Å². The molecule has 1 aliphatic rings. The van der Waals surface area contributed by atoms with Gasteiger partial charge in [0.25, 0.3) is 5.91 Å². The molecule has 4 heteroatoms. The number of ether oxygens (including phenoxy) is 1. The van der Waals surface area contributed by atoms with Crippen LogP contribution in [0, 0.1) is 5.92 Å². The van der Waals surface area contributed by atoms with Crippen LogP contribution in [0.5, 0.6) is 0 Å². The van der Waals surface area contributed by atoms with Crippen LogP contribution in [0.4, 0.5) is 4.79 Å². The van der Waals surface area contributed by atoms with E-state index in [9.17, 15) is 9.59 Å². The van der Waals surface area contributed by atoms with Gasteiger partial charge in [-0.05, 0) is 34.8 Å². The molecular weight excluding hydrogens is 302 g/mol. The summed E-state index contributed by atoms with van der Waals surface area (Å²) in [6.45, 7) is 4.42. The first kappa shape index (κ1) is 16.2. The minimum Gasteiger partial charge on any atom is -0.447 e. The third-order valence-corrected chi connectivity index (χ3v) is 4.17. The number of imide groups is 1. The average molecular weight is 323 g/mol. The Morgan fingerprint density at radius 1 is 1.25 bits per heavy atom. The molecule has 0 bridgehead atoms. The van der Waals surface area contributed by atoms with Crippen molar-refractivity contribution in [2.24, 2.45) is 5.92 Å². The molecule has 0 radical (unpaired) electrons. The third kappa shape index (κ3) is 3.32. The van der Waals surface area contributed by atoms with Gasteiger partial charge in [-0.25, -0.2) is 9.69 Å². The number of hydrogen-bond donors (Lipinski definition) is 0. The van der Waals surface area contributed by atoms with Crippen molar-refractivity contribution in [3.8, 4) is 0 Å². The summed E-state index contributed by atoms with van der Waals surface area (Å²) in [5.74, 6) is 0.0675. The molecule has 3 rings (SSSR count). The minimum absolute atomic E-state index is 0.179. The van der Waals surface area contributed by atoms with E-state index in [4.69, 9.17) is 4.74 Å². The van der Waals surface area contributed by atoms with E-state index in [2.05, 4.69) is 13.8 Å². The second kappa shape index (κ2) is 6.87. The third-order valence-electron chi connectivity index (χ3n) is 4.17. The number of carbonyl (C=O) groups excluding carboxylic acids is 2. The summed E-state index contributed by atoms with van der Waals surface area (Å²) in [6, 6.07) is 13.8. The van der Waals surface area contributed by atoms with Gasteiger partial charge in [0.05, 0.1) is 6.04 Å². The number of cyclic esters (lactones) is 1. The van der Waals surface area contributed by atoms with Crippen molar-refractivity contribution in [3.05, 3.63) is 54.1 Å². The molecule has 1 fully saturated rings. The van der Waals surface area contributed by atoms with Crippen molar-refractivity contribution >= 4 is 28.8 Å².